The van der Waals surface area contributed by atoms with E-state index < -0.39 is 24.5 Å². The first-order valence-corrected chi connectivity index (χ1v) is 4.93. The molecule has 0 bridgehead atoms. The van der Waals surface area contributed by atoms with E-state index in [0.29, 0.717) is 5.75 Å². The van der Waals surface area contributed by atoms with Gasteiger partial charge in [0.2, 0.25) is 0 Å². The molecule has 6 heteroatoms. The Morgan fingerprint density at radius 2 is 1.94 bits per heavy atom. The maximum absolute atomic E-state index is 10.6. The van der Waals surface area contributed by atoms with Gasteiger partial charge in [0.05, 0.1) is 6.04 Å². The molecule has 0 spiro atoms. The van der Waals surface area contributed by atoms with Crippen LogP contribution in [0.15, 0.2) is 24.3 Å². The highest BCUT2D eigenvalue weighted by atomic mass is 16.5. The number of rotatable bonds is 6. The van der Waals surface area contributed by atoms with Crippen molar-refractivity contribution in [3.63, 3.8) is 0 Å². The number of nitrogens with two attached hydrogens (primary N) is 1. The summed E-state index contributed by atoms with van der Waals surface area (Å²) in [5.41, 5.74) is 13.1. The summed E-state index contributed by atoms with van der Waals surface area (Å²) in [6, 6.07) is 5.72. The Hall–Kier alpha value is -2.08. The van der Waals surface area contributed by atoms with E-state index >= 15 is 0 Å². The fourth-order valence-corrected chi connectivity index (χ4v) is 1.21. The van der Waals surface area contributed by atoms with Gasteiger partial charge in [-0.1, -0.05) is 12.1 Å². The third-order valence-electron chi connectivity index (χ3n) is 2.08. The van der Waals surface area contributed by atoms with Crippen molar-refractivity contribution in [2.45, 2.75) is 12.5 Å². The number of hydrogen-bond donors (Lipinski definition) is 2. The number of carboxylic acids is 1. The molecule has 91 valence electrons. The molecule has 0 saturated carbocycles. The standard InChI is InChI=1S/C11H13N2O4/c12-9(11(13)16)5-7-1-3-8(4-2-7)17-6-10(14)15/h1-4,9,13H,5-6,12H2,(H,14,15)/t9-/m0/s1. The highest BCUT2D eigenvalue weighted by Gasteiger charge is 2.10. The van der Waals surface area contributed by atoms with Gasteiger partial charge in [-0.25, -0.2) is 4.79 Å². The number of carbonyl (C=O) groups is 2. The lowest BCUT2D eigenvalue weighted by Gasteiger charge is -2.08. The second kappa shape index (κ2) is 5.86. The lowest BCUT2D eigenvalue weighted by Crippen LogP contribution is -2.33. The summed E-state index contributed by atoms with van der Waals surface area (Å²) in [6.07, 6.45) is 0.279. The predicted octanol–water partition coefficient (Wildman–Crippen LogP) is -0.171. The molecule has 1 amide bonds. The van der Waals surface area contributed by atoms with Gasteiger partial charge in [0.25, 0.3) is 5.91 Å². The molecule has 0 heterocycles. The first kappa shape index (κ1) is 13.0. The maximum atomic E-state index is 10.6. The molecule has 1 atom stereocenters. The van der Waals surface area contributed by atoms with Crippen LogP contribution in [0.25, 0.3) is 0 Å². The highest BCUT2D eigenvalue weighted by Crippen LogP contribution is 2.13. The van der Waals surface area contributed by atoms with E-state index in [1.54, 1.807) is 24.3 Å². The van der Waals surface area contributed by atoms with Crippen molar-refractivity contribution in [3.05, 3.63) is 29.8 Å². The summed E-state index contributed by atoms with van der Waals surface area (Å²) in [5, 5.41) is 8.41. The second-order valence-corrected chi connectivity index (χ2v) is 3.50. The van der Waals surface area contributed by atoms with Crippen LogP contribution < -0.4 is 16.2 Å². The van der Waals surface area contributed by atoms with Crippen LogP contribution in [0.1, 0.15) is 5.56 Å². The minimum Gasteiger partial charge on any atom is -0.482 e. The zero-order chi connectivity index (χ0) is 12.8. The molecule has 0 aliphatic carbocycles. The number of ether oxygens (including phenoxy) is 1. The van der Waals surface area contributed by atoms with E-state index in [0.717, 1.165) is 5.56 Å². The Morgan fingerprint density at radius 1 is 1.35 bits per heavy atom. The molecule has 1 aromatic carbocycles. The van der Waals surface area contributed by atoms with E-state index in [2.05, 4.69) is 0 Å². The van der Waals surface area contributed by atoms with E-state index in [9.17, 15) is 9.59 Å². The van der Waals surface area contributed by atoms with Crippen LogP contribution in [-0.2, 0) is 16.0 Å². The number of carboxylic acid groups (broad SMARTS) is 1. The van der Waals surface area contributed by atoms with Crippen molar-refractivity contribution in [3.8, 4) is 5.75 Å². The number of aliphatic carboxylic acids is 1. The van der Waals surface area contributed by atoms with Crippen molar-refractivity contribution < 1.29 is 19.4 Å². The van der Waals surface area contributed by atoms with Gasteiger partial charge in [0, 0.05) is 0 Å². The van der Waals surface area contributed by atoms with E-state index in [4.69, 9.17) is 21.3 Å². The molecule has 1 rings (SSSR count). The van der Waals surface area contributed by atoms with Crippen molar-refractivity contribution in [1.82, 2.24) is 5.73 Å². The normalized spacial score (nSPS) is 11.8. The molecule has 1 radical (unpaired) electrons. The summed E-state index contributed by atoms with van der Waals surface area (Å²) in [7, 11) is 0. The number of amides is 1. The van der Waals surface area contributed by atoms with Crippen molar-refractivity contribution in [2.24, 2.45) is 5.73 Å². The number of nitrogens with one attached hydrogen (secondary N) is 1. The fourth-order valence-electron chi connectivity index (χ4n) is 1.21. The number of carbonyl (C=O) groups excluding carboxylic acids is 1. The molecule has 17 heavy (non-hydrogen) atoms. The third-order valence-corrected chi connectivity index (χ3v) is 2.08. The molecule has 4 N–H and O–H groups in total. The monoisotopic (exact) mass is 237 g/mol. The Labute approximate surface area is 98.2 Å². The van der Waals surface area contributed by atoms with Crippen LogP contribution in [-0.4, -0.2) is 29.6 Å². The van der Waals surface area contributed by atoms with Crippen LogP contribution in [0.5, 0.6) is 5.75 Å². The molecule has 0 aliphatic rings. The van der Waals surface area contributed by atoms with Gasteiger partial charge in [-0.2, -0.15) is 0 Å². The Kier molecular flexibility index (Phi) is 4.47. The summed E-state index contributed by atoms with van der Waals surface area (Å²) in [4.78, 5) is 20.9. The lowest BCUT2D eigenvalue weighted by molar-refractivity contribution is -0.139. The van der Waals surface area contributed by atoms with Crippen molar-refractivity contribution >= 4 is 11.9 Å². The molecule has 1 aromatic rings. The molecule has 0 aliphatic heterocycles. The largest absolute Gasteiger partial charge is 0.482 e. The zero-order valence-electron chi connectivity index (χ0n) is 9.05. The highest BCUT2D eigenvalue weighted by molar-refractivity contribution is 5.79. The first-order chi connectivity index (χ1) is 7.99. The van der Waals surface area contributed by atoms with Gasteiger partial charge in [0.15, 0.2) is 6.61 Å². The van der Waals surface area contributed by atoms with Gasteiger partial charge in [-0.3, -0.25) is 10.5 Å². The lowest BCUT2D eigenvalue weighted by atomic mass is 10.1. The molecular weight excluding hydrogens is 224 g/mol. The first-order valence-electron chi connectivity index (χ1n) is 4.93. The van der Waals surface area contributed by atoms with Crippen LogP contribution in [0, 0.1) is 0 Å². The second-order valence-electron chi connectivity index (χ2n) is 3.50. The average Bonchev–Trinajstić information content (AvgIpc) is 2.28. The van der Waals surface area contributed by atoms with Crippen LogP contribution in [0.4, 0.5) is 0 Å². The Morgan fingerprint density at radius 3 is 2.41 bits per heavy atom. The van der Waals surface area contributed by atoms with Gasteiger partial charge in [0.1, 0.15) is 5.75 Å². The van der Waals surface area contributed by atoms with Crippen molar-refractivity contribution in [1.29, 1.82) is 0 Å². The van der Waals surface area contributed by atoms with Crippen LogP contribution in [0.3, 0.4) is 0 Å². The van der Waals surface area contributed by atoms with Gasteiger partial charge in [-0.15, -0.1) is 0 Å². The average molecular weight is 237 g/mol. The maximum Gasteiger partial charge on any atom is 0.341 e. The predicted molar refractivity (Wildman–Crippen MR) is 59.4 cm³/mol. The van der Waals surface area contributed by atoms with Crippen LogP contribution in [0.2, 0.25) is 0 Å². The minimum atomic E-state index is -1.05. The molecule has 0 saturated heterocycles. The quantitative estimate of drug-likeness (QED) is 0.713. The van der Waals surface area contributed by atoms with Gasteiger partial charge < -0.3 is 15.6 Å². The summed E-state index contributed by atoms with van der Waals surface area (Å²) in [5.74, 6) is -1.42. The molecular formula is C11H13N2O4. The molecule has 0 unspecified atom stereocenters. The number of hydrogen-bond acceptors (Lipinski definition) is 4. The number of benzene rings is 1. The zero-order valence-corrected chi connectivity index (χ0v) is 9.05. The molecule has 0 fully saturated rings. The minimum absolute atomic E-state index is 0.279. The third kappa shape index (κ3) is 4.52. The fraction of sp³-hybridized carbons (Fsp3) is 0.273. The topological polar surface area (TPSA) is 113 Å². The van der Waals surface area contributed by atoms with E-state index in [1.165, 1.54) is 0 Å². The van der Waals surface area contributed by atoms with Gasteiger partial charge in [-0.05, 0) is 24.1 Å². The molecule has 6 nitrogen and oxygen atoms in total. The van der Waals surface area contributed by atoms with Crippen LogP contribution >= 0.6 is 0 Å². The smallest absolute Gasteiger partial charge is 0.341 e. The van der Waals surface area contributed by atoms with E-state index in [1.807, 2.05) is 0 Å². The molecule has 0 aromatic heterocycles. The summed E-state index contributed by atoms with van der Waals surface area (Å²) in [6.45, 7) is -0.399. The van der Waals surface area contributed by atoms with Crippen molar-refractivity contribution in [2.75, 3.05) is 6.61 Å². The summed E-state index contributed by atoms with van der Waals surface area (Å²) < 4.78 is 4.94. The van der Waals surface area contributed by atoms with E-state index in [-0.39, 0.29) is 6.42 Å². The SMILES string of the molecule is [NH]C(=O)[C@@H](N)Cc1ccc(OCC(=O)O)cc1. The van der Waals surface area contributed by atoms with Gasteiger partial charge >= 0.3 is 5.97 Å². The summed E-state index contributed by atoms with van der Waals surface area (Å²) >= 11 is 0. The Balaban J connectivity index is 2.55. The Bertz CT molecular complexity index is 402.